The summed E-state index contributed by atoms with van der Waals surface area (Å²) in [6, 6.07) is 7.72. The maximum absolute atomic E-state index is 12.6. The molecule has 1 aliphatic carbocycles. The molecule has 2 aromatic heterocycles. The van der Waals surface area contributed by atoms with E-state index in [1.165, 1.54) is 24.2 Å². The van der Waals surface area contributed by atoms with Gasteiger partial charge < -0.3 is 10.1 Å². The third-order valence-corrected chi connectivity index (χ3v) is 4.83. The van der Waals surface area contributed by atoms with Crippen LogP contribution in [0, 0.1) is 5.92 Å². The Bertz CT molecular complexity index is 864. The molecule has 1 saturated carbocycles. The first-order valence-electron chi connectivity index (χ1n) is 7.64. The number of carbonyl (C=O) groups is 1. The average molecular weight is 327 g/mol. The molecule has 1 amide bonds. The Hall–Kier alpha value is -2.34. The van der Waals surface area contributed by atoms with E-state index >= 15 is 0 Å². The van der Waals surface area contributed by atoms with Gasteiger partial charge in [-0.2, -0.15) is 0 Å². The molecule has 0 atom stereocenters. The van der Waals surface area contributed by atoms with E-state index in [-0.39, 0.29) is 5.91 Å². The summed E-state index contributed by atoms with van der Waals surface area (Å²) in [5.74, 6) is 1.30. The van der Waals surface area contributed by atoms with Crippen molar-refractivity contribution < 1.29 is 9.53 Å². The molecule has 1 N–H and O–H groups in total. The molecule has 0 saturated heterocycles. The maximum atomic E-state index is 12.6. The molecular formula is C17H17N3O2S. The Morgan fingerprint density at radius 2 is 2.35 bits per heavy atom. The molecule has 3 aromatic rings. The Morgan fingerprint density at radius 3 is 3.13 bits per heavy atom. The van der Waals surface area contributed by atoms with Crippen molar-refractivity contribution in [1.82, 2.24) is 14.7 Å². The van der Waals surface area contributed by atoms with E-state index in [2.05, 4.69) is 10.3 Å². The summed E-state index contributed by atoms with van der Waals surface area (Å²) in [5.41, 5.74) is 2.21. The van der Waals surface area contributed by atoms with Crippen LogP contribution in [-0.2, 0) is 0 Å². The van der Waals surface area contributed by atoms with Crippen molar-refractivity contribution >= 4 is 22.2 Å². The van der Waals surface area contributed by atoms with E-state index in [1.54, 1.807) is 7.11 Å². The molecule has 2 heterocycles. The molecule has 0 radical (unpaired) electrons. The van der Waals surface area contributed by atoms with Crippen molar-refractivity contribution in [2.75, 3.05) is 13.7 Å². The van der Waals surface area contributed by atoms with Crippen LogP contribution in [0.2, 0.25) is 0 Å². The normalized spacial score (nSPS) is 14.1. The largest absolute Gasteiger partial charge is 0.497 e. The zero-order valence-corrected chi connectivity index (χ0v) is 13.6. The fourth-order valence-corrected chi connectivity index (χ4v) is 3.35. The van der Waals surface area contributed by atoms with Crippen LogP contribution >= 0.6 is 11.3 Å². The Labute approximate surface area is 137 Å². The molecule has 0 unspecified atom stereocenters. The highest BCUT2D eigenvalue weighted by Crippen LogP contribution is 2.31. The topological polar surface area (TPSA) is 55.6 Å². The first kappa shape index (κ1) is 14.3. The number of rotatable bonds is 5. The Kier molecular flexibility index (Phi) is 3.53. The van der Waals surface area contributed by atoms with Gasteiger partial charge in [-0.25, -0.2) is 4.98 Å². The highest BCUT2D eigenvalue weighted by atomic mass is 32.1. The number of imidazole rings is 1. The number of thiazole rings is 1. The zero-order valence-electron chi connectivity index (χ0n) is 12.8. The maximum Gasteiger partial charge on any atom is 0.272 e. The number of aromatic nitrogens is 2. The van der Waals surface area contributed by atoms with Gasteiger partial charge in [0.1, 0.15) is 5.75 Å². The first-order chi connectivity index (χ1) is 11.3. The molecule has 5 nitrogen and oxygen atoms in total. The van der Waals surface area contributed by atoms with Crippen molar-refractivity contribution in [3.8, 4) is 17.0 Å². The number of methoxy groups -OCH3 is 1. The fourth-order valence-electron chi connectivity index (χ4n) is 2.63. The highest BCUT2D eigenvalue weighted by Gasteiger charge is 2.25. The molecule has 23 heavy (non-hydrogen) atoms. The van der Waals surface area contributed by atoms with Crippen LogP contribution in [0.4, 0.5) is 0 Å². The second kappa shape index (κ2) is 5.70. The lowest BCUT2D eigenvalue weighted by Gasteiger charge is -2.07. The van der Waals surface area contributed by atoms with Gasteiger partial charge in [-0.15, -0.1) is 11.3 Å². The number of nitrogens with one attached hydrogen (secondary N) is 1. The Morgan fingerprint density at radius 1 is 1.48 bits per heavy atom. The summed E-state index contributed by atoms with van der Waals surface area (Å²) in [4.78, 5) is 17.9. The summed E-state index contributed by atoms with van der Waals surface area (Å²) >= 11 is 1.52. The number of hydrogen-bond donors (Lipinski definition) is 1. The summed E-state index contributed by atoms with van der Waals surface area (Å²) in [6.07, 6.45) is 4.36. The summed E-state index contributed by atoms with van der Waals surface area (Å²) in [5, 5.41) is 4.98. The number of amides is 1. The van der Waals surface area contributed by atoms with Gasteiger partial charge >= 0.3 is 0 Å². The first-order valence-corrected chi connectivity index (χ1v) is 8.52. The molecule has 1 aromatic carbocycles. The third-order valence-electron chi connectivity index (χ3n) is 4.07. The molecule has 1 aliphatic rings. The molecule has 118 valence electrons. The van der Waals surface area contributed by atoms with Crippen molar-refractivity contribution in [2.24, 2.45) is 5.92 Å². The lowest BCUT2D eigenvalue weighted by atomic mass is 10.1. The number of carbonyl (C=O) groups excluding carboxylic acids is 1. The molecule has 4 rings (SSSR count). The molecule has 1 fully saturated rings. The summed E-state index contributed by atoms with van der Waals surface area (Å²) < 4.78 is 7.27. The van der Waals surface area contributed by atoms with Crippen LogP contribution in [0.1, 0.15) is 23.3 Å². The van der Waals surface area contributed by atoms with Crippen molar-refractivity contribution in [2.45, 2.75) is 12.8 Å². The van der Waals surface area contributed by atoms with Crippen LogP contribution in [0.3, 0.4) is 0 Å². The molecule has 6 heteroatoms. The van der Waals surface area contributed by atoms with Gasteiger partial charge in [-0.05, 0) is 30.9 Å². The smallest absolute Gasteiger partial charge is 0.272 e. The van der Waals surface area contributed by atoms with E-state index in [4.69, 9.17) is 4.74 Å². The van der Waals surface area contributed by atoms with E-state index < -0.39 is 0 Å². The second-order valence-electron chi connectivity index (χ2n) is 5.75. The highest BCUT2D eigenvalue weighted by molar-refractivity contribution is 7.15. The molecule has 0 aliphatic heterocycles. The van der Waals surface area contributed by atoms with Crippen LogP contribution in [0.15, 0.2) is 35.8 Å². The van der Waals surface area contributed by atoms with Crippen LogP contribution in [0.5, 0.6) is 5.75 Å². The summed E-state index contributed by atoms with van der Waals surface area (Å²) in [6.45, 7) is 0.738. The standard InChI is InChI=1S/C17H17N3O2S/c1-22-13-4-2-3-12(9-13)15-14(16(21)18-10-11-5-6-11)19-17-20(15)7-8-23-17/h2-4,7-9,11H,5-6,10H2,1H3,(H,18,21). The lowest BCUT2D eigenvalue weighted by Crippen LogP contribution is -2.26. The predicted molar refractivity (Wildman–Crippen MR) is 90.1 cm³/mol. The van der Waals surface area contributed by atoms with E-state index in [0.717, 1.165) is 28.5 Å². The van der Waals surface area contributed by atoms with E-state index in [9.17, 15) is 4.79 Å². The zero-order chi connectivity index (χ0) is 15.8. The lowest BCUT2D eigenvalue weighted by molar-refractivity contribution is 0.0948. The predicted octanol–water partition coefficient (Wildman–Crippen LogP) is 3.21. The van der Waals surface area contributed by atoms with Gasteiger partial charge in [-0.3, -0.25) is 9.20 Å². The Balaban J connectivity index is 1.77. The van der Waals surface area contributed by atoms with Crippen LogP contribution in [0.25, 0.3) is 16.2 Å². The molecule has 0 spiro atoms. The van der Waals surface area contributed by atoms with Gasteiger partial charge in [0.2, 0.25) is 0 Å². The van der Waals surface area contributed by atoms with Gasteiger partial charge in [-0.1, -0.05) is 12.1 Å². The molecule has 0 bridgehead atoms. The van der Waals surface area contributed by atoms with E-state index in [1.807, 2.05) is 40.2 Å². The number of benzene rings is 1. The SMILES string of the molecule is COc1cccc(-c2c(C(=O)NCC3CC3)nc3sccn23)c1. The number of nitrogens with zero attached hydrogens (tertiary/aromatic N) is 2. The molecular weight excluding hydrogens is 310 g/mol. The minimum Gasteiger partial charge on any atom is -0.497 e. The number of ether oxygens (including phenoxy) is 1. The van der Waals surface area contributed by atoms with Gasteiger partial charge in [0.15, 0.2) is 10.7 Å². The number of fused-ring (bicyclic) bond motifs is 1. The van der Waals surface area contributed by atoms with Crippen LogP contribution < -0.4 is 10.1 Å². The van der Waals surface area contributed by atoms with Gasteiger partial charge in [0, 0.05) is 23.7 Å². The van der Waals surface area contributed by atoms with Gasteiger partial charge in [0.25, 0.3) is 5.91 Å². The van der Waals surface area contributed by atoms with Crippen molar-refractivity contribution in [3.63, 3.8) is 0 Å². The second-order valence-corrected chi connectivity index (χ2v) is 6.62. The average Bonchev–Trinajstić information content (AvgIpc) is 3.17. The fraction of sp³-hybridized carbons (Fsp3) is 0.294. The third kappa shape index (κ3) is 2.70. The van der Waals surface area contributed by atoms with E-state index in [0.29, 0.717) is 11.6 Å². The quantitative estimate of drug-likeness (QED) is 0.783. The summed E-state index contributed by atoms with van der Waals surface area (Å²) in [7, 11) is 1.64. The van der Waals surface area contributed by atoms with Gasteiger partial charge in [0.05, 0.1) is 12.8 Å². The van der Waals surface area contributed by atoms with Crippen molar-refractivity contribution in [1.29, 1.82) is 0 Å². The minimum absolute atomic E-state index is 0.106. The van der Waals surface area contributed by atoms with Crippen LogP contribution in [-0.4, -0.2) is 28.9 Å². The number of hydrogen-bond acceptors (Lipinski definition) is 4. The van der Waals surface area contributed by atoms with Crippen molar-refractivity contribution in [3.05, 3.63) is 41.5 Å². The minimum atomic E-state index is -0.106. The monoisotopic (exact) mass is 327 g/mol.